The summed E-state index contributed by atoms with van der Waals surface area (Å²) in [5.74, 6) is 0.237. The fraction of sp³-hybridized carbons (Fsp3) is 0.400. The number of ether oxygens (including phenoxy) is 1. The molecule has 1 fully saturated rings. The standard InChI is InChI=1S/C30H32F3N5O3/c1-16(2)20-10-13-23(41-4)22(14-20)28-37-26-24(38(28)15-18-8-11-21(12-9-18)30(31,32)33)25(35-27(36-26)29(39)40)34-17(3)19-6-5-7-19/h8-14,16-17,19H,5-7,15H2,1-4H3,(H,39,40)(H,34,35,36)/t17-/m1/s1. The van der Waals surface area contributed by atoms with Gasteiger partial charge in [-0.3, -0.25) is 0 Å². The molecular weight excluding hydrogens is 535 g/mol. The first-order valence-electron chi connectivity index (χ1n) is 13.6. The van der Waals surface area contributed by atoms with Crippen molar-refractivity contribution in [3.8, 4) is 17.1 Å². The number of carboxylic acid groups (broad SMARTS) is 1. The minimum absolute atomic E-state index is 0.0140. The molecule has 1 aliphatic carbocycles. The summed E-state index contributed by atoms with van der Waals surface area (Å²) >= 11 is 0. The Bertz CT molecular complexity index is 1580. The van der Waals surface area contributed by atoms with Crippen molar-refractivity contribution in [2.45, 2.75) is 64.7 Å². The van der Waals surface area contributed by atoms with Crippen LogP contribution in [-0.2, 0) is 12.7 Å². The largest absolute Gasteiger partial charge is 0.496 e. The minimum atomic E-state index is -4.45. The molecule has 11 heteroatoms. The lowest BCUT2D eigenvalue weighted by molar-refractivity contribution is -0.137. The molecule has 0 amide bonds. The van der Waals surface area contributed by atoms with Gasteiger partial charge < -0.3 is 19.7 Å². The summed E-state index contributed by atoms with van der Waals surface area (Å²) in [7, 11) is 1.55. The third-order valence-corrected chi connectivity index (χ3v) is 7.77. The average Bonchev–Trinajstić information content (AvgIpc) is 3.25. The quantitative estimate of drug-likeness (QED) is 0.225. The molecule has 0 spiro atoms. The lowest BCUT2D eigenvalue weighted by Gasteiger charge is -2.32. The van der Waals surface area contributed by atoms with E-state index in [1.165, 1.54) is 12.1 Å². The molecular formula is C30H32F3N5O3. The van der Waals surface area contributed by atoms with Gasteiger partial charge in [0.1, 0.15) is 17.1 Å². The highest BCUT2D eigenvalue weighted by Crippen LogP contribution is 2.38. The fourth-order valence-corrected chi connectivity index (χ4v) is 5.11. The Morgan fingerprint density at radius 3 is 2.37 bits per heavy atom. The number of aromatic nitrogens is 4. The van der Waals surface area contributed by atoms with Crippen molar-refractivity contribution in [1.82, 2.24) is 19.5 Å². The van der Waals surface area contributed by atoms with E-state index in [-0.39, 0.29) is 24.2 Å². The lowest BCUT2D eigenvalue weighted by Crippen LogP contribution is -2.31. The number of rotatable bonds is 9. The van der Waals surface area contributed by atoms with E-state index in [0.29, 0.717) is 40.0 Å². The van der Waals surface area contributed by atoms with Crippen molar-refractivity contribution < 1.29 is 27.8 Å². The Balaban J connectivity index is 1.74. The number of nitrogens with zero attached hydrogens (tertiary/aromatic N) is 4. The molecule has 2 aromatic heterocycles. The average molecular weight is 568 g/mol. The summed E-state index contributed by atoms with van der Waals surface area (Å²) in [6, 6.07) is 10.7. The molecule has 1 saturated carbocycles. The number of carbonyl (C=O) groups is 1. The fourth-order valence-electron chi connectivity index (χ4n) is 5.11. The Morgan fingerprint density at radius 2 is 1.80 bits per heavy atom. The van der Waals surface area contributed by atoms with Crippen LogP contribution in [0.3, 0.4) is 0 Å². The van der Waals surface area contributed by atoms with Crippen molar-refractivity contribution in [1.29, 1.82) is 0 Å². The molecule has 41 heavy (non-hydrogen) atoms. The summed E-state index contributed by atoms with van der Waals surface area (Å²) in [5.41, 5.74) is 2.17. The molecule has 1 atom stereocenters. The maximum atomic E-state index is 13.3. The van der Waals surface area contributed by atoms with Gasteiger partial charge in [-0.2, -0.15) is 13.2 Å². The van der Waals surface area contributed by atoms with E-state index < -0.39 is 23.5 Å². The van der Waals surface area contributed by atoms with Gasteiger partial charge in [-0.1, -0.05) is 38.5 Å². The van der Waals surface area contributed by atoms with E-state index in [9.17, 15) is 23.1 Å². The van der Waals surface area contributed by atoms with E-state index in [2.05, 4.69) is 29.1 Å². The van der Waals surface area contributed by atoms with Crippen molar-refractivity contribution in [2.24, 2.45) is 5.92 Å². The first-order chi connectivity index (χ1) is 19.5. The second-order valence-corrected chi connectivity index (χ2v) is 10.8. The molecule has 1 aliphatic rings. The predicted octanol–water partition coefficient (Wildman–Crippen LogP) is 6.99. The molecule has 0 unspecified atom stereocenters. The maximum absolute atomic E-state index is 13.3. The van der Waals surface area contributed by atoms with Crippen molar-refractivity contribution in [3.63, 3.8) is 0 Å². The molecule has 5 rings (SSSR count). The molecule has 0 aliphatic heterocycles. The van der Waals surface area contributed by atoms with E-state index in [0.717, 1.165) is 37.0 Å². The smallest absolute Gasteiger partial charge is 0.416 e. The zero-order valence-corrected chi connectivity index (χ0v) is 23.3. The van der Waals surface area contributed by atoms with E-state index in [4.69, 9.17) is 9.72 Å². The van der Waals surface area contributed by atoms with Gasteiger partial charge in [-0.15, -0.1) is 0 Å². The topological polar surface area (TPSA) is 102 Å². The molecule has 0 saturated heterocycles. The van der Waals surface area contributed by atoms with Crippen LogP contribution in [0.1, 0.15) is 73.3 Å². The number of imidazole rings is 1. The van der Waals surface area contributed by atoms with Gasteiger partial charge >= 0.3 is 12.1 Å². The third kappa shape index (κ3) is 5.71. The number of nitrogens with one attached hydrogen (secondary N) is 1. The minimum Gasteiger partial charge on any atom is -0.496 e. The molecule has 8 nitrogen and oxygen atoms in total. The summed E-state index contributed by atoms with van der Waals surface area (Å²) in [6.45, 7) is 6.29. The van der Waals surface area contributed by atoms with Crippen LogP contribution in [0.25, 0.3) is 22.6 Å². The first-order valence-corrected chi connectivity index (χ1v) is 13.6. The molecule has 2 aromatic carbocycles. The molecule has 2 N–H and O–H groups in total. The molecule has 2 heterocycles. The van der Waals surface area contributed by atoms with Crippen LogP contribution in [0.4, 0.5) is 19.0 Å². The highest BCUT2D eigenvalue weighted by atomic mass is 19.4. The normalized spacial score (nSPS) is 14.7. The monoisotopic (exact) mass is 567 g/mol. The summed E-state index contributed by atoms with van der Waals surface area (Å²) < 4.78 is 47.3. The molecule has 0 bridgehead atoms. The zero-order chi connectivity index (χ0) is 29.5. The lowest BCUT2D eigenvalue weighted by atomic mass is 9.80. The van der Waals surface area contributed by atoms with Gasteiger partial charge in [-0.05, 0) is 67.0 Å². The zero-order valence-electron chi connectivity index (χ0n) is 23.3. The van der Waals surface area contributed by atoms with Crippen LogP contribution in [-0.4, -0.2) is 43.7 Å². The second kappa shape index (κ2) is 11.0. The van der Waals surface area contributed by atoms with Crippen LogP contribution in [0.5, 0.6) is 5.75 Å². The van der Waals surface area contributed by atoms with E-state index in [1.54, 1.807) is 7.11 Å². The van der Waals surface area contributed by atoms with E-state index in [1.807, 2.05) is 29.7 Å². The number of methoxy groups -OCH3 is 1. The number of aromatic carboxylic acids is 1. The summed E-state index contributed by atoms with van der Waals surface area (Å²) in [6.07, 6.45) is -1.20. The van der Waals surface area contributed by atoms with Crippen LogP contribution < -0.4 is 10.1 Å². The van der Waals surface area contributed by atoms with Gasteiger partial charge in [0.15, 0.2) is 11.5 Å². The SMILES string of the molecule is COc1ccc(C(C)C)cc1-c1nc2nc(C(=O)O)nc(N[C@H](C)C3CCC3)c2n1Cc1ccc(C(F)(F)F)cc1. The highest BCUT2D eigenvalue weighted by Gasteiger charge is 2.31. The van der Waals surface area contributed by atoms with Gasteiger partial charge in [0.2, 0.25) is 5.82 Å². The van der Waals surface area contributed by atoms with Gasteiger partial charge in [0.05, 0.1) is 18.2 Å². The summed E-state index contributed by atoms with van der Waals surface area (Å²) in [5, 5.41) is 13.2. The molecule has 216 valence electrons. The number of alkyl halides is 3. The van der Waals surface area contributed by atoms with E-state index >= 15 is 0 Å². The second-order valence-electron chi connectivity index (χ2n) is 10.8. The number of halogens is 3. The Kier molecular flexibility index (Phi) is 7.63. The van der Waals surface area contributed by atoms with Crippen LogP contribution >= 0.6 is 0 Å². The molecule has 0 radical (unpaired) electrons. The molecule has 4 aromatic rings. The van der Waals surface area contributed by atoms with Gasteiger partial charge in [0, 0.05) is 12.6 Å². The Labute approximate surface area is 235 Å². The van der Waals surface area contributed by atoms with Crippen molar-refractivity contribution >= 4 is 23.0 Å². The highest BCUT2D eigenvalue weighted by molar-refractivity contribution is 5.92. The number of benzene rings is 2. The van der Waals surface area contributed by atoms with Gasteiger partial charge in [-0.25, -0.2) is 19.7 Å². The Morgan fingerprint density at radius 1 is 1.10 bits per heavy atom. The van der Waals surface area contributed by atoms with Crippen molar-refractivity contribution in [3.05, 3.63) is 65.0 Å². The number of hydrogen-bond donors (Lipinski definition) is 2. The van der Waals surface area contributed by atoms with Crippen LogP contribution in [0.15, 0.2) is 42.5 Å². The van der Waals surface area contributed by atoms with Gasteiger partial charge in [0.25, 0.3) is 0 Å². The van der Waals surface area contributed by atoms with Crippen LogP contribution in [0, 0.1) is 5.92 Å². The third-order valence-electron chi connectivity index (χ3n) is 7.77. The predicted molar refractivity (Wildman–Crippen MR) is 149 cm³/mol. The number of anilines is 1. The number of carboxylic acids is 1. The number of fused-ring (bicyclic) bond motifs is 1. The number of hydrogen-bond acceptors (Lipinski definition) is 6. The van der Waals surface area contributed by atoms with Crippen LogP contribution in [0.2, 0.25) is 0 Å². The first kappa shape index (κ1) is 28.4. The maximum Gasteiger partial charge on any atom is 0.416 e. The summed E-state index contributed by atoms with van der Waals surface area (Å²) in [4.78, 5) is 25.4. The van der Waals surface area contributed by atoms with Crippen molar-refractivity contribution in [2.75, 3.05) is 12.4 Å². The Hall–Kier alpha value is -4.15.